The SMILES string of the molecule is Cc1cnc(N2CC3(CCOCC3)C2)c(-c2ccc(C(=O)N3CCc4cc(C(=O)c5nc(C(F)(F)F)c[nH]5)sc4-c4ccc(F)cc43)cc2)c1. The van der Waals surface area contributed by atoms with E-state index < -0.39 is 29.3 Å². The molecule has 5 aromatic rings. The van der Waals surface area contributed by atoms with Crippen LogP contribution in [0.5, 0.6) is 0 Å². The Morgan fingerprint density at radius 1 is 1.00 bits per heavy atom. The number of aromatic nitrogens is 3. The highest BCUT2D eigenvalue weighted by Crippen LogP contribution is 2.45. The van der Waals surface area contributed by atoms with E-state index in [1.165, 1.54) is 17.0 Å². The van der Waals surface area contributed by atoms with E-state index in [0.717, 1.165) is 78.6 Å². The summed E-state index contributed by atoms with van der Waals surface area (Å²) in [7, 11) is 0. The van der Waals surface area contributed by atoms with Gasteiger partial charge in [0.2, 0.25) is 5.78 Å². The lowest BCUT2D eigenvalue weighted by molar-refractivity contribution is -0.140. The predicted molar refractivity (Wildman–Crippen MR) is 181 cm³/mol. The summed E-state index contributed by atoms with van der Waals surface area (Å²) in [6.07, 6.45) is 0.284. The molecular weight excluding hydrogens is 670 g/mol. The number of benzene rings is 2. The van der Waals surface area contributed by atoms with Crippen molar-refractivity contribution in [3.8, 4) is 21.6 Å². The van der Waals surface area contributed by atoms with Crippen molar-refractivity contribution >= 4 is 34.5 Å². The number of ether oxygens (including phenoxy) is 1. The molecule has 8 nitrogen and oxygen atoms in total. The van der Waals surface area contributed by atoms with Crippen LogP contribution in [0.25, 0.3) is 21.6 Å². The Kier molecular flexibility index (Phi) is 7.87. The fourth-order valence-corrected chi connectivity index (χ4v) is 8.33. The number of amides is 1. The number of H-pyrrole nitrogens is 1. The molecule has 13 heteroatoms. The van der Waals surface area contributed by atoms with E-state index in [1.807, 2.05) is 25.3 Å². The summed E-state index contributed by atoms with van der Waals surface area (Å²) in [6, 6.07) is 15.2. The van der Waals surface area contributed by atoms with Gasteiger partial charge in [0.25, 0.3) is 5.91 Å². The molecule has 2 saturated heterocycles. The number of carbonyl (C=O) groups is 2. The first-order valence-electron chi connectivity index (χ1n) is 16.3. The second-order valence-electron chi connectivity index (χ2n) is 13.2. The van der Waals surface area contributed by atoms with Crippen molar-refractivity contribution in [2.45, 2.75) is 32.4 Å². The number of pyridine rings is 1. The third-order valence-electron chi connectivity index (χ3n) is 9.81. The first-order valence-corrected chi connectivity index (χ1v) is 17.1. The summed E-state index contributed by atoms with van der Waals surface area (Å²) in [4.78, 5) is 42.4. The number of aromatic amines is 1. The number of nitrogens with zero attached hydrogens (tertiary/aromatic N) is 4. The lowest BCUT2D eigenvalue weighted by atomic mass is 9.73. The fourth-order valence-electron chi connectivity index (χ4n) is 7.15. The molecule has 6 heterocycles. The Hall–Kier alpha value is -4.88. The van der Waals surface area contributed by atoms with E-state index in [9.17, 15) is 27.2 Å². The van der Waals surface area contributed by atoms with Gasteiger partial charge in [0.05, 0.1) is 10.6 Å². The Morgan fingerprint density at radius 2 is 1.76 bits per heavy atom. The van der Waals surface area contributed by atoms with Gasteiger partial charge in [-0.25, -0.2) is 14.4 Å². The summed E-state index contributed by atoms with van der Waals surface area (Å²) in [5, 5.41) is 0. The predicted octanol–water partition coefficient (Wildman–Crippen LogP) is 7.72. The van der Waals surface area contributed by atoms with Crippen LogP contribution in [0.1, 0.15) is 55.5 Å². The van der Waals surface area contributed by atoms with E-state index in [2.05, 4.69) is 20.9 Å². The molecule has 0 bridgehead atoms. The summed E-state index contributed by atoms with van der Waals surface area (Å²) in [5.41, 5.74) is 4.11. The van der Waals surface area contributed by atoms with Gasteiger partial charge in [-0.05, 0) is 85.3 Å². The molecule has 3 aromatic heterocycles. The highest BCUT2D eigenvalue weighted by Gasteiger charge is 2.45. The minimum absolute atomic E-state index is 0.190. The van der Waals surface area contributed by atoms with Crippen molar-refractivity contribution in [3.63, 3.8) is 0 Å². The molecular formula is C37H31F4N5O3S. The van der Waals surface area contributed by atoms with Gasteiger partial charge >= 0.3 is 6.18 Å². The van der Waals surface area contributed by atoms with Crippen molar-refractivity contribution in [1.82, 2.24) is 15.0 Å². The Balaban J connectivity index is 1.06. The average Bonchev–Trinajstić information content (AvgIpc) is 3.74. The van der Waals surface area contributed by atoms with Crippen molar-refractivity contribution in [2.75, 3.05) is 42.6 Å². The number of ketones is 1. The number of fused-ring (bicyclic) bond motifs is 3. The number of alkyl halides is 3. The maximum Gasteiger partial charge on any atom is 0.434 e. The lowest BCUT2D eigenvalue weighted by Crippen LogP contribution is -2.59. The minimum atomic E-state index is -4.69. The summed E-state index contributed by atoms with van der Waals surface area (Å²) in [5.74, 6) is -1.02. The maximum atomic E-state index is 14.7. The highest BCUT2D eigenvalue weighted by atomic mass is 32.1. The summed E-state index contributed by atoms with van der Waals surface area (Å²) < 4.78 is 59.6. The smallest absolute Gasteiger partial charge is 0.381 e. The second kappa shape index (κ2) is 12.2. The largest absolute Gasteiger partial charge is 0.434 e. The molecule has 1 amide bonds. The number of aryl methyl sites for hydroxylation is 1. The molecule has 8 rings (SSSR count). The van der Waals surface area contributed by atoms with Gasteiger partial charge in [-0.3, -0.25) is 9.59 Å². The van der Waals surface area contributed by atoms with E-state index in [4.69, 9.17) is 9.72 Å². The van der Waals surface area contributed by atoms with Gasteiger partial charge in [-0.2, -0.15) is 13.2 Å². The van der Waals surface area contributed by atoms with Crippen LogP contribution < -0.4 is 9.80 Å². The van der Waals surface area contributed by atoms with Crippen molar-refractivity contribution in [1.29, 1.82) is 0 Å². The standard InChI is InChI=1S/C37H31F4N5O3S/c1-21-14-27(34(43-17-21)45-19-36(20-45)9-12-49-13-10-36)22-2-4-23(5-3-22)35(48)46-11-8-24-15-29(31(47)33-42-18-30(44-33)37(39,40)41)50-32(24)26-7-6-25(38)16-28(26)46/h2-7,14-18H,8-13,19-20H2,1H3,(H,42,44). The van der Waals surface area contributed by atoms with E-state index in [1.54, 1.807) is 24.3 Å². The second-order valence-corrected chi connectivity index (χ2v) is 14.3. The van der Waals surface area contributed by atoms with Crippen LogP contribution in [0.3, 0.4) is 0 Å². The third-order valence-corrected chi connectivity index (χ3v) is 11.0. The van der Waals surface area contributed by atoms with E-state index in [-0.39, 0.29) is 22.7 Å². The Bertz CT molecular complexity index is 2130. The molecule has 0 aliphatic carbocycles. The quantitative estimate of drug-likeness (QED) is 0.149. The number of imidazole rings is 1. The van der Waals surface area contributed by atoms with Crippen molar-refractivity contribution in [2.24, 2.45) is 5.41 Å². The first kappa shape index (κ1) is 32.3. The van der Waals surface area contributed by atoms with Gasteiger partial charge < -0.3 is 19.5 Å². The molecule has 0 atom stereocenters. The zero-order chi connectivity index (χ0) is 34.8. The van der Waals surface area contributed by atoms with Crippen LogP contribution >= 0.6 is 11.3 Å². The number of rotatable bonds is 5. The van der Waals surface area contributed by atoms with Gasteiger partial charge in [-0.15, -0.1) is 11.3 Å². The van der Waals surface area contributed by atoms with Crippen LogP contribution in [-0.4, -0.2) is 59.5 Å². The van der Waals surface area contributed by atoms with Crippen LogP contribution in [0.4, 0.5) is 29.1 Å². The molecule has 256 valence electrons. The highest BCUT2D eigenvalue weighted by molar-refractivity contribution is 7.17. The van der Waals surface area contributed by atoms with Crippen LogP contribution in [0.2, 0.25) is 0 Å². The van der Waals surface area contributed by atoms with E-state index in [0.29, 0.717) is 34.3 Å². The molecule has 0 saturated carbocycles. The molecule has 0 unspecified atom stereocenters. The topological polar surface area (TPSA) is 91.4 Å². The van der Waals surface area contributed by atoms with Gasteiger partial charge in [0.15, 0.2) is 11.5 Å². The average molecular weight is 702 g/mol. The Morgan fingerprint density at radius 3 is 2.48 bits per heavy atom. The van der Waals surface area contributed by atoms with Gasteiger partial charge in [0.1, 0.15) is 11.6 Å². The molecule has 2 fully saturated rings. The summed E-state index contributed by atoms with van der Waals surface area (Å²) in [6.45, 7) is 5.65. The molecule has 2 aromatic carbocycles. The number of carbonyl (C=O) groups excluding carboxylic acids is 2. The molecule has 1 spiro atoms. The number of hydrogen-bond acceptors (Lipinski definition) is 7. The van der Waals surface area contributed by atoms with Crippen LogP contribution in [-0.2, 0) is 17.3 Å². The zero-order valence-corrected chi connectivity index (χ0v) is 27.8. The Labute approximate surface area is 288 Å². The fraction of sp³-hybridized carbons (Fsp3) is 0.297. The van der Waals surface area contributed by atoms with Crippen molar-refractivity contribution in [3.05, 3.63) is 106 Å². The molecule has 3 aliphatic rings. The number of anilines is 2. The lowest BCUT2D eigenvalue weighted by Gasteiger charge is -2.53. The monoisotopic (exact) mass is 701 g/mol. The summed E-state index contributed by atoms with van der Waals surface area (Å²) >= 11 is 1.08. The first-order chi connectivity index (χ1) is 24.0. The molecule has 50 heavy (non-hydrogen) atoms. The number of thiophene rings is 1. The number of nitrogens with one attached hydrogen (secondary N) is 1. The third kappa shape index (κ3) is 5.77. The zero-order valence-electron chi connectivity index (χ0n) is 26.9. The van der Waals surface area contributed by atoms with Crippen LogP contribution in [0, 0.1) is 18.2 Å². The van der Waals surface area contributed by atoms with Crippen LogP contribution in [0.15, 0.2) is 67.0 Å². The molecule has 1 N–H and O–H groups in total. The van der Waals surface area contributed by atoms with Gasteiger partial charge in [-0.1, -0.05) is 12.1 Å². The van der Waals surface area contributed by atoms with Gasteiger partial charge in [0, 0.05) is 72.2 Å². The number of hydrogen-bond donors (Lipinski definition) is 1. The molecule has 3 aliphatic heterocycles. The normalized spacial score (nSPS) is 16.8. The minimum Gasteiger partial charge on any atom is -0.381 e. The van der Waals surface area contributed by atoms with Crippen molar-refractivity contribution < 1.29 is 31.9 Å². The molecule has 0 radical (unpaired) electrons. The maximum absolute atomic E-state index is 14.7. The van der Waals surface area contributed by atoms with E-state index >= 15 is 0 Å². The number of halogens is 4.